The van der Waals surface area contributed by atoms with Crippen LogP contribution in [0.4, 0.5) is 0 Å². The van der Waals surface area contributed by atoms with Crippen molar-refractivity contribution < 1.29 is 24.9 Å². The number of aliphatic hydroxyl groups excluding tert-OH is 2. The quantitative estimate of drug-likeness (QED) is 0.481. The van der Waals surface area contributed by atoms with E-state index in [9.17, 15) is 15.0 Å². The molecule has 5 rings (SSSR count). The number of hydrogen-bond acceptors (Lipinski definition) is 5. The van der Waals surface area contributed by atoms with Crippen LogP contribution in [0.2, 0.25) is 0 Å². The van der Waals surface area contributed by atoms with Gasteiger partial charge in [-0.2, -0.15) is 0 Å². The van der Waals surface area contributed by atoms with Crippen LogP contribution in [0.3, 0.4) is 0 Å². The fourth-order valence-electron chi connectivity index (χ4n) is 9.33. The summed E-state index contributed by atoms with van der Waals surface area (Å²) in [5.41, 5.74) is 0.696. The molecule has 0 radical (unpaired) electrons. The molecule has 1 heterocycles. The molecule has 0 spiro atoms. The first kappa shape index (κ1) is 25.0. The number of ether oxygens (including phenoxy) is 1. The highest BCUT2D eigenvalue weighted by atomic mass is 16.5. The Morgan fingerprint density at radius 3 is 2.51 bits per heavy atom. The second-order valence-electron chi connectivity index (χ2n) is 12.7. The zero-order valence-corrected chi connectivity index (χ0v) is 21.5. The van der Waals surface area contributed by atoms with Gasteiger partial charge in [-0.1, -0.05) is 20.8 Å². The predicted octanol–water partition coefficient (Wildman–Crippen LogP) is 5.18. The van der Waals surface area contributed by atoms with Crippen molar-refractivity contribution in [3.05, 3.63) is 23.9 Å². The highest BCUT2D eigenvalue weighted by Crippen LogP contribution is 2.68. The Morgan fingerprint density at radius 2 is 1.80 bits per heavy atom. The van der Waals surface area contributed by atoms with Gasteiger partial charge in [-0.05, 0) is 110 Å². The van der Waals surface area contributed by atoms with Gasteiger partial charge >= 0.3 is 5.97 Å². The van der Waals surface area contributed by atoms with Crippen LogP contribution in [0.25, 0.3) is 0 Å². The van der Waals surface area contributed by atoms with Crippen molar-refractivity contribution in [2.75, 3.05) is 6.61 Å². The lowest BCUT2D eigenvalue weighted by molar-refractivity contribution is -0.198. The molecule has 4 fully saturated rings. The smallest absolute Gasteiger partial charge is 0.337 e. The Bertz CT molecular complexity index is 920. The minimum Gasteiger partial charge on any atom is -0.478 e. The van der Waals surface area contributed by atoms with Crippen molar-refractivity contribution in [1.82, 2.24) is 4.98 Å². The Hall–Kier alpha value is -1.66. The lowest BCUT2D eigenvalue weighted by atomic mass is 9.42. The standard InChI is InChI=1S/C29H43NO5/c1-17-23-15-20(31)10-12-29(23,3)22-11-13-28(2)19(7-8-21(28)25(22)26(17)32)5-4-14-35-24-9-6-18(16-30-24)27(33)34/h6,9,16-17,19-23,25-26,31-32H,4-5,7-8,10-15H2,1-3H3,(H,33,34)/t17-,19+,20-,21+,22+,23+,25+,26-,28-,29-/m1/s1. The van der Waals surface area contributed by atoms with Gasteiger partial charge in [0.05, 0.1) is 24.4 Å². The van der Waals surface area contributed by atoms with Crippen LogP contribution in [-0.2, 0) is 0 Å². The van der Waals surface area contributed by atoms with Gasteiger partial charge < -0.3 is 20.1 Å². The Morgan fingerprint density at radius 1 is 1.06 bits per heavy atom. The molecule has 0 aromatic carbocycles. The number of fused-ring (bicyclic) bond motifs is 5. The van der Waals surface area contributed by atoms with Gasteiger partial charge in [0.1, 0.15) is 0 Å². The molecule has 4 aliphatic rings. The first-order chi connectivity index (χ1) is 16.6. The maximum atomic E-state index is 11.6. The van der Waals surface area contributed by atoms with Crippen molar-refractivity contribution in [1.29, 1.82) is 0 Å². The topological polar surface area (TPSA) is 99.9 Å². The highest BCUT2D eigenvalue weighted by molar-refractivity contribution is 5.87. The van der Waals surface area contributed by atoms with Crippen LogP contribution < -0.4 is 4.74 Å². The summed E-state index contributed by atoms with van der Waals surface area (Å²) in [7, 11) is 0. The Kier molecular flexibility index (Phi) is 6.67. The number of pyridine rings is 1. The summed E-state index contributed by atoms with van der Waals surface area (Å²) >= 11 is 0. The van der Waals surface area contributed by atoms with E-state index in [1.807, 2.05) is 0 Å². The molecule has 3 N–H and O–H groups in total. The minimum absolute atomic E-state index is 0.168. The summed E-state index contributed by atoms with van der Waals surface area (Å²) in [6, 6.07) is 3.15. The van der Waals surface area contributed by atoms with E-state index in [2.05, 4.69) is 25.8 Å². The van der Waals surface area contributed by atoms with E-state index in [0.29, 0.717) is 42.1 Å². The van der Waals surface area contributed by atoms with Gasteiger partial charge in [-0.3, -0.25) is 0 Å². The molecule has 6 heteroatoms. The van der Waals surface area contributed by atoms with E-state index in [-0.39, 0.29) is 34.5 Å². The predicted molar refractivity (Wildman–Crippen MR) is 133 cm³/mol. The fraction of sp³-hybridized carbons (Fsp3) is 0.793. The zero-order chi connectivity index (χ0) is 25.0. The highest BCUT2D eigenvalue weighted by Gasteiger charge is 2.63. The normalized spacial score (nSPS) is 44.7. The summed E-state index contributed by atoms with van der Waals surface area (Å²) in [5, 5.41) is 31.0. The van der Waals surface area contributed by atoms with Crippen LogP contribution in [0, 0.1) is 46.3 Å². The molecule has 0 aliphatic heterocycles. The van der Waals surface area contributed by atoms with Crippen LogP contribution in [0.1, 0.15) is 88.9 Å². The number of nitrogens with zero attached hydrogens (tertiary/aromatic N) is 1. The number of rotatable bonds is 6. The third-order valence-corrected chi connectivity index (χ3v) is 11.3. The van der Waals surface area contributed by atoms with E-state index in [1.165, 1.54) is 37.9 Å². The summed E-state index contributed by atoms with van der Waals surface area (Å²) in [5.74, 6) is 2.38. The third kappa shape index (κ3) is 4.19. The van der Waals surface area contributed by atoms with Gasteiger partial charge in [0, 0.05) is 12.3 Å². The molecular formula is C29H43NO5. The van der Waals surface area contributed by atoms with E-state index in [1.54, 1.807) is 6.07 Å². The molecule has 35 heavy (non-hydrogen) atoms. The minimum atomic E-state index is -0.981. The van der Waals surface area contributed by atoms with Gasteiger partial charge in [0.25, 0.3) is 0 Å². The summed E-state index contributed by atoms with van der Waals surface area (Å²) in [6.45, 7) is 7.81. The number of aromatic nitrogens is 1. The second-order valence-corrected chi connectivity index (χ2v) is 12.7. The maximum absolute atomic E-state index is 11.6. The third-order valence-electron chi connectivity index (χ3n) is 11.3. The zero-order valence-electron chi connectivity index (χ0n) is 21.5. The summed E-state index contributed by atoms with van der Waals surface area (Å²) in [4.78, 5) is 15.1. The molecule has 4 aliphatic carbocycles. The number of aromatic carboxylic acids is 1. The van der Waals surface area contributed by atoms with Crippen molar-refractivity contribution in [2.45, 2.75) is 90.8 Å². The summed E-state index contributed by atoms with van der Waals surface area (Å²) in [6.07, 6.45) is 10.7. The van der Waals surface area contributed by atoms with Crippen LogP contribution >= 0.6 is 0 Å². The first-order valence-corrected chi connectivity index (χ1v) is 13.8. The summed E-state index contributed by atoms with van der Waals surface area (Å²) < 4.78 is 5.80. The molecule has 0 bridgehead atoms. The molecule has 0 unspecified atom stereocenters. The van der Waals surface area contributed by atoms with E-state index in [0.717, 1.165) is 32.1 Å². The monoisotopic (exact) mass is 485 g/mol. The molecule has 194 valence electrons. The van der Waals surface area contributed by atoms with E-state index >= 15 is 0 Å². The Balaban J connectivity index is 1.22. The van der Waals surface area contributed by atoms with Gasteiger partial charge in [0.2, 0.25) is 5.88 Å². The van der Waals surface area contributed by atoms with Crippen molar-refractivity contribution in [3.8, 4) is 5.88 Å². The fourth-order valence-corrected chi connectivity index (χ4v) is 9.33. The van der Waals surface area contributed by atoms with Crippen molar-refractivity contribution in [2.24, 2.45) is 46.3 Å². The van der Waals surface area contributed by atoms with Crippen LogP contribution in [-0.4, -0.2) is 45.1 Å². The number of hydrogen-bond donors (Lipinski definition) is 3. The average molecular weight is 486 g/mol. The van der Waals surface area contributed by atoms with Crippen molar-refractivity contribution >= 4 is 5.97 Å². The molecule has 0 amide bonds. The van der Waals surface area contributed by atoms with Crippen LogP contribution in [0.5, 0.6) is 5.88 Å². The lowest BCUT2D eigenvalue weighted by Crippen LogP contribution is -2.61. The van der Waals surface area contributed by atoms with Crippen LogP contribution in [0.15, 0.2) is 18.3 Å². The maximum Gasteiger partial charge on any atom is 0.337 e. The average Bonchev–Trinajstić information content (AvgIpc) is 3.17. The van der Waals surface area contributed by atoms with Crippen molar-refractivity contribution in [3.63, 3.8) is 0 Å². The molecular weight excluding hydrogens is 442 g/mol. The molecule has 4 saturated carbocycles. The van der Waals surface area contributed by atoms with Gasteiger partial charge in [0.15, 0.2) is 0 Å². The Labute approximate surface area is 209 Å². The molecule has 6 nitrogen and oxygen atoms in total. The number of carboxylic acids is 1. The number of carbonyl (C=O) groups is 1. The van der Waals surface area contributed by atoms with Gasteiger partial charge in [-0.25, -0.2) is 9.78 Å². The molecule has 1 aromatic heterocycles. The van der Waals surface area contributed by atoms with E-state index in [4.69, 9.17) is 9.84 Å². The molecule has 10 atom stereocenters. The molecule has 0 saturated heterocycles. The first-order valence-electron chi connectivity index (χ1n) is 13.8. The van der Waals surface area contributed by atoms with Gasteiger partial charge in [-0.15, -0.1) is 0 Å². The lowest BCUT2D eigenvalue weighted by Gasteiger charge is -2.64. The number of aliphatic hydroxyl groups is 2. The van der Waals surface area contributed by atoms with E-state index < -0.39 is 5.97 Å². The SMILES string of the molecule is C[C@H]1[C@@H](O)[C@@H]2[C@H](CC[C@]3(C)[C@@H](CCCOc4ccc(C(=O)O)cn4)CC[C@@H]23)[C@@]2(C)CC[C@@H](O)C[C@@H]12. The second kappa shape index (κ2) is 9.33. The molecule has 1 aromatic rings. The largest absolute Gasteiger partial charge is 0.478 e. The number of carboxylic acid groups (broad SMARTS) is 1.